The number of ether oxygens (including phenoxy) is 1. The number of rotatable bonds is 3. The summed E-state index contributed by atoms with van der Waals surface area (Å²) in [5, 5.41) is 14.3. The van der Waals surface area contributed by atoms with Gasteiger partial charge in [0.05, 0.1) is 10.6 Å². The van der Waals surface area contributed by atoms with Crippen molar-refractivity contribution in [1.82, 2.24) is 9.88 Å². The number of benzene rings is 2. The van der Waals surface area contributed by atoms with Gasteiger partial charge in [-0.2, -0.15) is 0 Å². The molecule has 5 nitrogen and oxygen atoms in total. The van der Waals surface area contributed by atoms with Gasteiger partial charge in [-0.25, -0.2) is 4.98 Å². The molecule has 0 saturated heterocycles. The van der Waals surface area contributed by atoms with Crippen LogP contribution in [0.4, 0.5) is 0 Å². The van der Waals surface area contributed by atoms with Crippen LogP contribution < -0.4 is 4.74 Å². The fourth-order valence-electron chi connectivity index (χ4n) is 3.21. The summed E-state index contributed by atoms with van der Waals surface area (Å²) in [4.78, 5) is 6.46. The van der Waals surface area contributed by atoms with Gasteiger partial charge in [0.25, 0.3) is 0 Å². The standard InChI is InChI=1S/C21H17Cl2N3O2/c1-13-6-8-17(21(24-13)28-19-10-16(22)7-9-18(19)23)20(25-27)26-11-14-4-2-3-5-15(14)12-26/h2-10,27H,11-12H2,1H3/b25-20-. The highest BCUT2D eigenvalue weighted by atomic mass is 35.5. The average molecular weight is 414 g/mol. The number of aromatic nitrogens is 1. The highest BCUT2D eigenvalue weighted by Gasteiger charge is 2.26. The zero-order valence-corrected chi connectivity index (χ0v) is 16.6. The van der Waals surface area contributed by atoms with Gasteiger partial charge in [0, 0.05) is 29.9 Å². The van der Waals surface area contributed by atoms with Crippen molar-refractivity contribution in [2.75, 3.05) is 0 Å². The van der Waals surface area contributed by atoms with Crippen LogP contribution in [0.3, 0.4) is 0 Å². The van der Waals surface area contributed by atoms with Gasteiger partial charge < -0.3 is 14.8 Å². The maximum atomic E-state index is 9.79. The van der Waals surface area contributed by atoms with Gasteiger partial charge in [-0.15, -0.1) is 0 Å². The molecule has 1 aromatic heterocycles. The highest BCUT2D eigenvalue weighted by Crippen LogP contribution is 2.34. The molecule has 3 aromatic rings. The monoisotopic (exact) mass is 413 g/mol. The number of pyridine rings is 1. The molecule has 0 bridgehead atoms. The minimum atomic E-state index is 0.299. The van der Waals surface area contributed by atoms with E-state index in [1.54, 1.807) is 18.2 Å². The summed E-state index contributed by atoms with van der Waals surface area (Å²) in [7, 11) is 0. The van der Waals surface area contributed by atoms with E-state index in [1.165, 1.54) is 11.1 Å². The lowest BCUT2D eigenvalue weighted by Crippen LogP contribution is -2.27. The van der Waals surface area contributed by atoms with E-state index in [-0.39, 0.29) is 0 Å². The topological polar surface area (TPSA) is 58.0 Å². The first kappa shape index (κ1) is 18.6. The van der Waals surface area contributed by atoms with E-state index >= 15 is 0 Å². The van der Waals surface area contributed by atoms with E-state index in [1.807, 2.05) is 36.1 Å². The molecule has 0 fully saturated rings. The smallest absolute Gasteiger partial charge is 0.230 e. The second-order valence-electron chi connectivity index (χ2n) is 6.53. The molecule has 0 atom stereocenters. The first-order valence-electron chi connectivity index (χ1n) is 8.70. The largest absolute Gasteiger partial charge is 0.437 e. The Labute approximate surface area is 172 Å². The van der Waals surface area contributed by atoms with Gasteiger partial charge in [0.1, 0.15) is 5.75 Å². The van der Waals surface area contributed by atoms with Crippen LogP contribution in [-0.2, 0) is 13.1 Å². The summed E-state index contributed by atoms with van der Waals surface area (Å²) in [5.41, 5.74) is 3.73. The molecule has 0 aliphatic carbocycles. The fraction of sp³-hybridized carbons (Fsp3) is 0.143. The molecule has 1 aliphatic heterocycles. The van der Waals surface area contributed by atoms with E-state index in [0.29, 0.717) is 46.2 Å². The minimum absolute atomic E-state index is 0.299. The Morgan fingerprint density at radius 3 is 2.46 bits per heavy atom. The molecule has 4 rings (SSSR count). The lowest BCUT2D eigenvalue weighted by Gasteiger charge is -2.20. The molecule has 2 heterocycles. The van der Waals surface area contributed by atoms with Crippen LogP contribution in [0, 0.1) is 6.92 Å². The molecule has 0 unspecified atom stereocenters. The molecular weight excluding hydrogens is 397 g/mol. The quantitative estimate of drug-likeness (QED) is 0.261. The van der Waals surface area contributed by atoms with Gasteiger partial charge in [0.15, 0.2) is 5.84 Å². The first-order valence-corrected chi connectivity index (χ1v) is 9.45. The number of halogens is 2. The summed E-state index contributed by atoms with van der Waals surface area (Å²) in [5.74, 6) is 1.07. The van der Waals surface area contributed by atoms with Crippen LogP contribution in [-0.4, -0.2) is 20.9 Å². The second-order valence-corrected chi connectivity index (χ2v) is 7.37. The Bertz CT molecular complexity index is 1040. The van der Waals surface area contributed by atoms with Crippen molar-refractivity contribution in [1.29, 1.82) is 0 Å². The maximum Gasteiger partial charge on any atom is 0.230 e. The number of hydrogen-bond acceptors (Lipinski definition) is 4. The Morgan fingerprint density at radius 1 is 1.07 bits per heavy atom. The van der Waals surface area contributed by atoms with Crippen molar-refractivity contribution in [3.05, 3.63) is 87.0 Å². The summed E-state index contributed by atoms with van der Waals surface area (Å²) in [6, 6.07) is 16.8. The number of hydrogen-bond donors (Lipinski definition) is 1. The Balaban J connectivity index is 1.70. The summed E-state index contributed by atoms with van der Waals surface area (Å²) in [6.45, 7) is 3.14. The molecule has 1 N–H and O–H groups in total. The van der Waals surface area contributed by atoms with Crippen molar-refractivity contribution in [2.24, 2.45) is 5.16 Å². The van der Waals surface area contributed by atoms with Crippen molar-refractivity contribution in [3.63, 3.8) is 0 Å². The van der Waals surface area contributed by atoms with E-state index in [9.17, 15) is 5.21 Å². The molecule has 142 valence electrons. The van der Waals surface area contributed by atoms with E-state index in [0.717, 1.165) is 5.69 Å². The van der Waals surface area contributed by atoms with E-state index in [4.69, 9.17) is 27.9 Å². The summed E-state index contributed by atoms with van der Waals surface area (Å²) in [6.07, 6.45) is 0. The average Bonchev–Trinajstić information content (AvgIpc) is 3.10. The minimum Gasteiger partial charge on any atom is -0.437 e. The number of fused-ring (bicyclic) bond motifs is 1. The van der Waals surface area contributed by atoms with Crippen LogP contribution in [0.5, 0.6) is 11.6 Å². The summed E-state index contributed by atoms with van der Waals surface area (Å²) >= 11 is 12.3. The molecule has 0 saturated carbocycles. The van der Waals surface area contributed by atoms with Crippen LogP contribution in [0.25, 0.3) is 0 Å². The molecular formula is C21H17Cl2N3O2. The van der Waals surface area contributed by atoms with Gasteiger partial charge in [-0.3, -0.25) is 0 Å². The van der Waals surface area contributed by atoms with Crippen molar-refractivity contribution < 1.29 is 9.94 Å². The van der Waals surface area contributed by atoms with Crippen molar-refractivity contribution in [3.8, 4) is 11.6 Å². The van der Waals surface area contributed by atoms with Gasteiger partial charge in [-0.1, -0.05) is 52.6 Å². The van der Waals surface area contributed by atoms with Gasteiger partial charge >= 0.3 is 0 Å². The Kier molecular flexibility index (Phi) is 5.11. The van der Waals surface area contributed by atoms with Crippen molar-refractivity contribution >= 4 is 29.0 Å². The lowest BCUT2D eigenvalue weighted by molar-refractivity contribution is 0.301. The predicted molar refractivity (Wildman–Crippen MR) is 110 cm³/mol. The number of amidine groups is 1. The number of oxime groups is 1. The number of nitrogens with zero attached hydrogens (tertiary/aromatic N) is 3. The zero-order chi connectivity index (χ0) is 19.7. The zero-order valence-electron chi connectivity index (χ0n) is 15.1. The van der Waals surface area contributed by atoms with E-state index < -0.39 is 0 Å². The fourth-order valence-corrected chi connectivity index (χ4v) is 3.53. The third-order valence-electron chi connectivity index (χ3n) is 4.58. The van der Waals surface area contributed by atoms with Crippen LogP contribution >= 0.6 is 23.2 Å². The van der Waals surface area contributed by atoms with E-state index in [2.05, 4.69) is 22.3 Å². The first-order chi connectivity index (χ1) is 13.5. The highest BCUT2D eigenvalue weighted by molar-refractivity contribution is 6.34. The van der Waals surface area contributed by atoms with Gasteiger partial charge in [-0.05, 0) is 42.3 Å². The normalized spacial score (nSPS) is 13.5. The van der Waals surface area contributed by atoms with Gasteiger partial charge in [0.2, 0.25) is 5.88 Å². The third kappa shape index (κ3) is 3.63. The maximum absolute atomic E-state index is 9.79. The summed E-state index contributed by atoms with van der Waals surface area (Å²) < 4.78 is 5.98. The molecule has 0 spiro atoms. The molecule has 0 radical (unpaired) electrons. The third-order valence-corrected chi connectivity index (χ3v) is 5.12. The van der Waals surface area contributed by atoms with Crippen LogP contribution in [0.2, 0.25) is 10.0 Å². The predicted octanol–water partition coefficient (Wildman–Crippen LogP) is 5.64. The second kappa shape index (κ2) is 7.70. The molecule has 7 heteroatoms. The molecule has 2 aromatic carbocycles. The Hall–Kier alpha value is -2.76. The van der Waals surface area contributed by atoms with Crippen LogP contribution in [0.1, 0.15) is 22.4 Å². The molecule has 0 amide bonds. The van der Waals surface area contributed by atoms with Crippen molar-refractivity contribution in [2.45, 2.75) is 20.0 Å². The molecule has 1 aliphatic rings. The molecule has 28 heavy (non-hydrogen) atoms. The lowest BCUT2D eigenvalue weighted by atomic mass is 10.1. The Morgan fingerprint density at radius 2 is 1.79 bits per heavy atom. The number of aryl methyl sites for hydroxylation is 1. The van der Waals surface area contributed by atoms with Crippen LogP contribution in [0.15, 0.2) is 59.8 Å². The SMILES string of the molecule is Cc1ccc(/C(=N/O)N2Cc3ccccc3C2)c(Oc2cc(Cl)ccc2Cl)n1.